The summed E-state index contributed by atoms with van der Waals surface area (Å²) < 4.78 is 2.38. The molecule has 1 heteroatoms. The van der Waals surface area contributed by atoms with Crippen LogP contribution in [0.25, 0.3) is 60.5 Å². The van der Waals surface area contributed by atoms with Gasteiger partial charge in [0.25, 0.3) is 0 Å². The van der Waals surface area contributed by atoms with E-state index in [2.05, 4.69) is 132 Å². The van der Waals surface area contributed by atoms with Crippen molar-refractivity contribution in [1.82, 2.24) is 4.57 Å². The molecule has 1 aliphatic rings. The minimum absolute atomic E-state index is 0.994. The third kappa shape index (κ3) is 2.71. The van der Waals surface area contributed by atoms with E-state index in [-0.39, 0.29) is 0 Å². The highest BCUT2D eigenvalue weighted by molar-refractivity contribution is 6.13. The highest BCUT2D eigenvalue weighted by atomic mass is 15.0. The third-order valence-electron chi connectivity index (χ3n) is 7.81. The number of aromatic nitrogens is 1. The zero-order valence-electron chi connectivity index (χ0n) is 19.8. The predicted octanol–water partition coefficient (Wildman–Crippen LogP) is 9.18. The van der Waals surface area contributed by atoms with Crippen molar-refractivity contribution in [1.29, 1.82) is 0 Å². The SMILES string of the molecule is c1ccc(-n2c3ccccc3c3cc(-c4ccc5c6c(cccc46)Cc4ccccc4-5)ccc32)cc1. The number of benzene rings is 6. The molecule has 0 N–H and O–H groups in total. The van der Waals surface area contributed by atoms with Gasteiger partial charge in [-0.1, -0.05) is 97.1 Å². The van der Waals surface area contributed by atoms with E-state index in [0.717, 1.165) is 6.42 Å². The molecule has 0 bridgehead atoms. The summed E-state index contributed by atoms with van der Waals surface area (Å²) >= 11 is 0. The zero-order chi connectivity index (χ0) is 23.6. The number of fused-ring (bicyclic) bond motifs is 5. The Bertz CT molecular complexity index is 1960. The lowest BCUT2D eigenvalue weighted by molar-refractivity contribution is 1.18. The molecular formula is C35H23N. The van der Waals surface area contributed by atoms with Gasteiger partial charge in [-0.25, -0.2) is 0 Å². The van der Waals surface area contributed by atoms with Crippen LogP contribution in [0.3, 0.4) is 0 Å². The highest BCUT2D eigenvalue weighted by Crippen LogP contribution is 2.43. The Labute approximate surface area is 209 Å². The first-order valence-electron chi connectivity index (χ1n) is 12.6. The maximum absolute atomic E-state index is 2.39. The van der Waals surface area contributed by atoms with Gasteiger partial charge in [-0.2, -0.15) is 0 Å². The summed E-state index contributed by atoms with van der Waals surface area (Å²) in [6.45, 7) is 0. The van der Waals surface area contributed by atoms with Gasteiger partial charge in [-0.15, -0.1) is 0 Å². The van der Waals surface area contributed by atoms with Gasteiger partial charge in [-0.05, 0) is 80.9 Å². The summed E-state index contributed by atoms with van der Waals surface area (Å²) in [7, 11) is 0. The molecule has 0 saturated carbocycles. The number of hydrogen-bond donors (Lipinski definition) is 0. The van der Waals surface area contributed by atoms with Crippen LogP contribution in [-0.2, 0) is 6.42 Å². The lowest BCUT2D eigenvalue weighted by atomic mass is 9.81. The fourth-order valence-electron chi connectivity index (χ4n) is 6.24. The van der Waals surface area contributed by atoms with Crippen molar-refractivity contribution >= 4 is 32.6 Å². The van der Waals surface area contributed by atoms with Gasteiger partial charge in [-0.3, -0.25) is 0 Å². The van der Waals surface area contributed by atoms with E-state index in [9.17, 15) is 0 Å². The van der Waals surface area contributed by atoms with Gasteiger partial charge in [0.2, 0.25) is 0 Å². The summed E-state index contributed by atoms with van der Waals surface area (Å²) in [6, 6.07) is 46.7. The second-order valence-corrected chi connectivity index (χ2v) is 9.75. The van der Waals surface area contributed by atoms with Crippen LogP contribution in [0.1, 0.15) is 11.1 Å². The number of para-hydroxylation sites is 2. The lowest BCUT2D eigenvalue weighted by Gasteiger charge is -2.22. The molecule has 0 saturated heterocycles. The number of rotatable bonds is 2. The van der Waals surface area contributed by atoms with Gasteiger partial charge >= 0.3 is 0 Å². The van der Waals surface area contributed by atoms with Crippen molar-refractivity contribution in [2.45, 2.75) is 6.42 Å². The molecule has 1 aliphatic carbocycles. The summed E-state index contributed by atoms with van der Waals surface area (Å²) in [6.07, 6.45) is 0.994. The van der Waals surface area contributed by atoms with Gasteiger partial charge < -0.3 is 4.57 Å². The van der Waals surface area contributed by atoms with Gasteiger partial charge in [0.15, 0.2) is 0 Å². The standard InChI is InChI=1S/C35H23N/c1-2-11-26(12-3-1)36-33-16-7-6-14-29(33)32-22-24(17-20-34(32)36)28-18-19-31-27-13-5-4-9-23(27)21-25-10-8-15-30(28)35(25)31/h1-20,22H,21H2. The van der Waals surface area contributed by atoms with Crippen LogP contribution in [-0.4, -0.2) is 4.57 Å². The van der Waals surface area contributed by atoms with Gasteiger partial charge in [0, 0.05) is 16.5 Å². The molecule has 0 radical (unpaired) electrons. The van der Waals surface area contributed by atoms with Crippen molar-refractivity contribution in [3.63, 3.8) is 0 Å². The average Bonchev–Trinajstić information content (AvgIpc) is 3.27. The van der Waals surface area contributed by atoms with E-state index >= 15 is 0 Å². The number of hydrogen-bond acceptors (Lipinski definition) is 0. The van der Waals surface area contributed by atoms with Crippen LogP contribution in [0.15, 0.2) is 127 Å². The Hall–Kier alpha value is -4.62. The predicted molar refractivity (Wildman–Crippen MR) is 152 cm³/mol. The van der Waals surface area contributed by atoms with Crippen molar-refractivity contribution in [3.8, 4) is 27.9 Å². The van der Waals surface area contributed by atoms with Crippen molar-refractivity contribution < 1.29 is 0 Å². The second-order valence-electron chi connectivity index (χ2n) is 9.75. The average molecular weight is 458 g/mol. The topological polar surface area (TPSA) is 4.93 Å². The Kier molecular flexibility index (Phi) is 4.06. The fourth-order valence-corrected chi connectivity index (χ4v) is 6.24. The second kappa shape index (κ2) is 7.44. The molecule has 168 valence electrons. The number of nitrogens with zero attached hydrogens (tertiary/aromatic N) is 1. The van der Waals surface area contributed by atoms with Crippen LogP contribution in [0.5, 0.6) is 0 Å². The minimum Gasteiger partial charge on any atom is -0.309 e. The molecule has 1 heterocycles. The molecule has 0 amide bonds. The molecule has 7 aromatic rings. The molecule has 0 fully saturated rings. The first-order chi connectivity index (χ1) is 17.9. The van der Waals surface area contributed by atoms with Crippen molar-refractivity contribution in [3.05, 3.63) is 139 Å². The summed E-state index contributed by atoms with van der Waals surface area (Å²) in [4.78, 5) is 0. The molecular weight excluding hydrogens is 434 g/mol. The normalized spacial score (nSPS) is 12.3. The van der Waals surface area contributed by atoms with E-state index in [1.54, 1.807) is 0 Å². The van der Waals surface area contributed by atoms with Crippen LogP contribution in [0, 0.1) is 0 Å². The molecule has 8 rings (SSSR count). The van der Waals surface area contributed by atoms with Gasteiger partial charge in [0.05, 0.1) is 11.0 Å². The monoisotopic (exact) mass is 457 g/mol. The molecule has 0 unspecified atom stereocenters. The van der Waals surface area contributed by atoms with Crippen LogP contribution >= 0.6 is 0 Å². The Morgan fingerprint density at radius 1 is 0.444 bits per heavy atom. The van der Waals surface area contributed by atoms with Crippen molar-refractivity contribution in [2.24, 2.45) is 0 Å². The zero-order valence-corrected chi connectivity index (χ0v) is 19.8. The summed E-state index contributed by atoms with van der Waals surface area (Å²) in [5.41, 5.74) is 11.8. The molecule has 36 heavy (non-hydrogen) atoms. The molecule has 0 spiro atoms. The molecule has 0 atom stereocenters. The molecule has 6 aromatic carbocycles. The smallest absolute Gasteiger partial charge is 0.0541 e. The third-order valence-corrected chi connectivity index (χ3v) is 7.81. The summed E-state index contributed by atoms with van der Waals surface area (Å²) in [5.74, 6) is 0. The maximum Gasteiger partial charge on any atom is 0.0541 e. The van der Waals surface area contributed by atoms with Crippen LogP contribution < -0.4 is 0 Å². The highest BCUT2D eigenvalue weighted by Gasteiger charge is 2.20. The Balaban J connectivity index is 1.40. The minimum atomic E-state index is 0.994. The molecule has 0 aliphatic heterocycles. The Morgan fingerprint density at radius 3 is 2.11 bits per heavy atom. The van der Waals surface area contributed by atoms with E-state index in [4.69, 9.17) is 0 Å². The molecule has 1 aromatic heterocycles. The van der Waals surface area contributed by atoms with Crippen LogP contribution in [0.4, 0.5) is 0 Å². The first-order valence-corrected chi connectivity index (χ1v) is 12.6. The van der Waals surface area contributed by atoms with E-state index < -0.39 is 0 Å². The largest absolute Gasteiger partial charge is 0.309 e. The fraction of sp³-hybridized carbons (Fsp3) is 0.0286. The van der Waals surface area contributed by atoms with Gasteiger partial charge in [0.1, 0.15) is 0 Å². The Morgan fingerprint density at radius 2 is 1.17 bits per heavy atom. The summed E-state index contributed by atoms with van der Waals surface area (Å²) in [5, 5.41) is 5.32. The first kappa shape index (κ1) is 19.7. The van der Waals surface area contributed by atoms with E-state index in [1.807, 2.05) is 0 Å². The van der Waals surface area contributed by atoms with E-state index in [1.165, 1.54) is 71.6 Å². The van der Waals surface area contributed by atoms with Crippen LogP contribution in [0.2, 0.25) is 0 Å². The van der Waals surface area contributed by atoms with E-state index in [0.29, 0.717) is 0 Å². The van der Waals surface area contributed by atoms with Crippen molar-refractivity contribution in [2.75, 3.05) is 0 Å². The quantitative estimate of drug-likeness (QED) is 0.244. The molecule has 1 nitrogen and oxygen atoms in total. The maximum atomic E-state index is 2.39. The lowest BCUT2D eigenvalue weighted by Crippen LogP contribution is -2.01.